The maximum Gasteiger partial charge on any atom is 0.335 e. The van der Waals surface area contributed by atoms with Crippen LogP contribution in [0, 0.1) is 5.82 Å². The van der Waals surface area contributed by atoms with Gasteiger partial charge in [0.2, 0.25) is 12.2 Å². The number of hydrogen-bond acceptors (Lipinski definition) is 9. The van der Waals surface area contributed by atoms with Gasteiger partial charge in [-0.15, -0.1) is 0 Å². The van der Waals surface area contributed by atoms with E-state index in [0.717, 1.165) is 0 Å². The second-order valence-electron chi connectivity index (χ2n) is 7.65. The summed E-state index contributed by atoms with van der Waals surface area (Å²) in [5.74, 6) is -3.47. The van der Waals surface area contributed by atoms with Crippen molar-refractivity contribution in [2.24, 2.45) is 0 Å². The number of esters is 1. The summed E-state index contributed by atoms with van der Waals surface area (Å²) in [5.41, 5.74) is 1.92. The molecule has 1 aliphatic heterocycles. The summed E-state index contributed by atoms with van der Waals surface area (Å²) < 4.78 is 28.9. The first-order valence-electron chi connectivity index (χ1n) is 9.95. The Labute approximate surface area is 185 Å². The normalized spacial score (nSPS) is 26.2. The number of hydrogen-bond donors (Lipinski definition) is 4. The summed E-state index contributed by atoms with van der Waals surface area (Å²) in [4.78, 5) is 28.2. The van der Waals surface area contributed by atoms with E-state index in [1.54, 1.807) is 18.2 Å². The third-order valence-corrected chi connectivity index (χ3v) is 5.40. The number of fused-ring (bicyclic) bond motifs is 1. The van der Waals surface area contributed by atoms with Crippen LogP contribution in [0.5, 0.6) is 0 Å². The van der Waals surface area contributed by atoms with Crippen molar-refractivity contribution in [1.82, 2.24) is 4.98 Å². The van der Waals surface area contributed by atoms with E-state index in [9.17, 15) is 29.3 Å². The van der Waals surface area contributed by atoms with E-state index >= 15 is 0 Å². The van der Waals surface area contributed by atoms with Gasteiger partial charge in [0.1, 0.15) is 29.6 Å². The molecule has 4 rings (SSSR count). The minimum Gasteiger partial charge on any atom is -0.479 e. The van der Waals surface area contributed by atoms with E-state index in [4.69, 9.17) is 19.0 Å². The van der Waals surface area contributed by atoms with Crippen LogP contribution in [0.25, 0.3) is 22.6 Å². The number of carbonyl (C=O) groups is 2. The third-order valence-electron chi connectivity index (χ3n) is 5.40. The number of halogens is 1. The van der Waals surface area contributed by atoms with E-state index in [-0.39, 0.29) is 5.89 Å². The number of aliphatic hydroxyl groups is 3. The van der Waals surface area contributed by atoms with Crippen molar-refractivity contribution >= 4 is 23.0 Å². The molecule has 2 heterocycles. The highest BCUT2D eigenvalue weighted by atomic mass is 19.1. The van der Waals surface area contributed by atoms with Gasteiger partial charge in [-0.05, 0) is 48.9 Å². The molecule has 0 saturated carbocycles. The van der Waals surface area contributed by atoms with Crippen molar-refractivity contribution in [2.45, 2.75) is 43.5 Å². The molecule has 0 aliphatic carbocycles. The van der Waals surface area contributed by atoms with Gasteiger partial charge in [0.25, 0.3) is 0 Å². The summed E-state index contributed by atoms with van der Waals surface area (Å²) >= 11 is 0. The zero-order valence-electron chi connectivity index (χ0n) is 17.2. The first-order valence-corrected chi connectivity index (χ1v) is 9.95. The van der Waals surface area contributed by atoms with Gasteiger partial charge in [-0.25, -0.2) is 14.2 Å². The van der Waals surface area contributed by atoms with Crippen LogP contribution in [-0.4, -0.2) is 68.1 Å². The Kier molecular flexibility index (Phi) is 6.13. The summed E-state index contributed by atoms with van der Waals surface area (Å²) in [6.07, 6.45) is -9.30. The lowest BCUT2D eigenvalue weighted by atomic mass is 9.98. The Balaban J connectivity index is 1.51. The zero-order chi connectivity index (χ0) is 23.9. The molecule has 1 saturated heterocycles. The fourth-order valence-corrected chi connectivity index (χ4v) is 3.43. The molecule has 33 heavy (non-hydrogen) atoms. The van der Waals surface area contributed by atoms with Gasteiger partial charge in [-0.1, -0.05) is 6.07 Å². The Hall–Kier alpha value is -3.38. The molecule has 4 N–H and O–H groups in total. The Morgan fingerprint density at radius 3 is 2.42 bits per heavy atom. The van der Waals surface area contributed by atoms with E-state index in [1.165, 1.54) is 31.2 Å². The monoisotopic (exact) mass is 461 g/mol. The largest absolute Gasteiger partial charge is 0.479 e. The highest BCUT2D eigenvalue weighted by molar-refractivity contribution is 5.82. The number of carboxylic acid groups (broad SMARTS) is 1. The fraction of sp³-hybridized carbons (Fsp3) is 0.318. The third kappa shape index (κ3) is 4.44. The zero-order valence-corrected chi connectivity index (χ0v) is 17.2. The van der Waals surface area contributed by atoms with Gasteiger partial charge < -0.3 is 34.3 Å². The molecule has 3 aromatic rings. The number of carboxylic acids is 1. The van der Waals surface area contributed by atoms with E-state index in [0.29, 0.717) is 22.2 Å². The molecule has 1 unspecified atom stereocenters. The van der Waals surface area contributed by atoms with Gasteiger partial charge in [0, 0.05) is 5.56 Å². The van der Waals surface area contributed by atoms with Crippen LogP contribution in [0.15, 0.2) is 46.9 Å². The predicted octanol–water partition coefficient (Wildman–Crippen LogP) is 1.17. The molecule has 1 aliphatic rings. The number of ether oxygens (including phenoxy) is 2. The van der Waals surface area contributed by atoms with Gasteiger partial charge in [0.05, 0.1) is 5.92 Å². The Bertz CT molecular complexity index is 1180. The number of aromatic nitrogens is 1. The van der Waals surface area contributed by atoms with E-state index in [1.807, 2.05) is 0 Å². The first kappa shape index (κ1) is 22.8. The van der Waals surface area contributed by atoms with Crippen LogP contribution in [0.1, 0.15) is 18.4 Å². The summed E-state index contributed by atoms with van der Waals surface area (Å²) in [7, 11) is 0. The second-order valence-corrected chi connectivity index (χ2v) is 7.65. The van der Waals surface area contributed by atoms with Crippen LogP contribution in [0.4, 0.5) is 4.39 Å². The summed E-state index contributed by atoms with van der Waals surface area (Å²) in [6.45, 7) is 1.51. The van der Waals surface area contributed by atoms with Crippen LogP contribution in [-0.2, 0) is 19.1 Å². The Morgan fingerprint density at radius 2 is 1.76 bits per heavy atom. The fourth-order valence-electron chi connectivity index (χ4n) is 3.43. The molecule has 10 nitrogen and oxygen atoms in total. The van der Waals surface area contributed by atoms with E-state index < -0.39 is 54.4 Å². The molecular formula is C22H20FNO9. The predicted molar refractivity (Wildman–Crippen MR) is 108 cm³/mol. The molecule has 1 fully saturated rings. The van der Waals surface area contributed by atoms with Gasteiger partial charge in [-0.3, -0.25) is 4.79 Å². The molecule has 6 atom stereocenters. The van der Waals surface area contributed by atoms with Crippen molar-refractivity contribution in [3.63, 3.8) is 0 Å². The molecule has 174 valence electrons. The van der Waals surface area contributed by atoms with Crippen molar-refractivity contribution in [2.75, 3.05) is 0 Å². The lowest BCUT2D eigenvalue weighted by Crippen LogP contribution is -2.60. The Morgan fingerprint density at radius 1 is 1.06 bits per heavy atom. The lowest BCUT2D eigenvalue weighted by molar-refractivity contribution is -0.286. The quantitative estimate of drug-likeness (QED) is 0.406. The number of rotatable bonds is 5. The van der Waals surface area contributed by atoms with Crippen LogP contribution in [0.3, 0.4) is 0 Å². The smallest absolute Gasteiger partial charge is 0.335 e. The number of aliphatic carboxylic acids is 1. The minimum absolute atomic E-state index is 0.267. The maximum absolute atomic E-state index is 13.1. The number of aliphatic hydroxyl groups excluding tert-OH is 3. The molecular weight excluding hydrogens is 441 g/mol. The number of carbonyl (C=O) groups excluding carboxylic acids is 1. The SMILES string of the molecule is CC(C(=O)O[C@@H]1O[C@H](C(=O)O)[C@H](O)[C@@H](O)[C@H]1O)c1ccc2oc(-c3ccc(F)cc3)nc2c1. The average Bonchev–Trinajstić information content (AvgIpc) is 3.22. The second kappa shape index (κ2) is 8.87. The van der Waals surface area contributed by atoms with E-state index in [2.05, 4.69) is 4.98 Å². The van der Waals surface area contributed by atoms with Gasteiger partial charge in [-0.2, -0.15) is 0 Å². The molecule has 0 bridgehead atoms. The van der Waals surface area contributed by atoms with Crippen molar-refractivity contribution < 1.29 is 48.3 Å². The number of benzene rings is 2. The van der Waals surface area contributed by atoms with Gasteiger partial charge >= 0.3 is 11.9 Å². The topological polar surface area (TPSA) is 160 Å². The molecule has 1 aromatic heterocycles. The molecule has 0 spiro atoms. The maximum atomic E-state index is 13.1. The summed E-state index contributed by atoms with van der Waals surface area (Å²) in [6, 6.07) is 10.4. The molecule has 2 aromatic carbocycles. The van der Waals surface area contributed by atoms with Gasteiger partial charge in [0.15, 0.2) is 11.7 Å². The molecule has 0 radical (unpaired) electrons. The van der Waals surface area contributed by atoms with Crippen molar-refractivity contribution in [3.8, 4) is 11.5 Å². The standard InChI is InChI=1S/C22H20FNO9/c1-9(21(30)33-22-17(27)15(25)16(26)18(32-22)20(28)29)11-4-7-14-13(8-11)24-19(31-14)10-2-5-12(23)6-3-10/h2-9,15-18,22,25-27H,1H3,(H,28,29)/t9?,15-,16-,17-,18+,22+/m1/s1. The number of oxazole rings is 1. The first-order chi connectivity index (χ1) is 15.7. The lowest BCUT2D eigenvalue weighted by Gasteiger charge is -2.38. The van der Waals surface area contributed by atoms with Crippen LogP contribution in [0.2, 0.25) is 0 Å². The van der Waals surface area contributed by atoms with Crippen molar-refractivity contribution in [1.29, 1.82) is 0 Å². The highest BCUT2D eigenvalue weighted by Crippen LogP contribution is 2.29. The highest BCUT2D eigenvalue weighted by Gasteiger charge is 2.48. The minimum atomic E-state index is -1.89. The molecule has 11 heteroatoms. The average molecular weight is 461 g/mol. The number of nitrogens with zero attached hydrogens (tertiary/aromatic N) is 1. The van der Waals surface area contributed by atoms with Crippen molar-refractivity contribution in [3.05, 3.63) is 53.8 Å². The van der Waals surface area contributed by atoms with Crippen LogP contribution < -0.4 is 0 Å². The van der Waals surface area contributed by atoms with Crippen LogP contribution >= 0.6 is 0 Å². The molecule has 0 amide bonds. The summed E-state index contributed by atoms with van der Waals surface area (Å²) in [5, 5.41) is 38.7.